The Morgan fingerprint density at radius 2 is 2.04 bits per heavy atom. The lowest BCUT2D eigenvalue weighted by Gasteiger charge is -2.07. The van der Waals surface area contributed by atoms with E-state index >= 15 is 0 Å². The lowest BCUT2D eigenvalue weighted by atomic mass is 10.2. The Kier molecular flexibility index (Phi) is 3.43. The van der Waals surface area contributed by atoms with Crippen molar-refractivity contribution in [3.63, 3.8) is 0 Å². The summed E-state index contributed by atoms with van der Waals surface area (Å²) in [5.41, 5.74) is -0.0430. The number of H-pyrrole nitrogens is 1. The molecule has 23 heavy (non-hydrogen) atoms. The highest BCUT2D eigenvalue weighted by Crippen LogP contribution is 2.30. The first-order valence-electron chi connectivity index (χ1n) is 6.40. The third-order valence-corrected chi connectivity index (χ3v) is 3.95. The van der Waals surface area contributed by atoms with Crippen LogP contribution in [0, 0.1) is 0 Å². The van der Waals surface area contributed by atoms with Crippen molar-refractivity contribution in [2.45, 2.75) is 11.9 Å². The number of alkyl halides is 3. The van der Waals surface area contributed by atoms with Crippen molar-refractivity contribution in [1.29, 1.82) is 0 Å². The first-order valence-corrected chi connectivity index (χ1v) is 8.46. The third-order valence-electron chi connectivity index (χ3n) is 3.16. The Labute approximate surface area is 128 Å². The van der Waals surface area contributed by atoms with Crippen LogP contribution in [0.25, 0.3) is 16.6 Å². The molecule has 0 saturated heterocycles. The molecule has 0 aliphatic rings. The molecule has 6 nitrogen and oxygen atoms in total. The summed E-state index contributed by atoms with van der Waals surface area (Å²) in [6, 6.07) is 4.82. The summed E-state index contributed by atoms with van der Waals surface area (Å²) in [4.78, 5) is 3.45. The standard InChI is InChI=1S/C13H11F3N4O2S/c1-23(21,22)7-12-18-11(13(14,15)16)6-20(12)9-2-3-10-8(4-9)5-17-19-10/h2-6H,7H2,1H3,(H,17,19). The summed E-state index contributed by atoms with van der Waals surface area (Å²) in [5, 5.41) is 7.26. The summed E-state index contributed by atoms with van der Waals surface area (Å²) in [5.74, 6) is -0.783. The number of rotatable bonds is 3. The van der Waals surface area contributed by atoms with Crippen LogP contribution < -0.4 is 0 Å². The van der Waals surface area contributed by atoms with E-state index in [0.717, 1.165) is 22.5 Å². The molecule has 0 aliphatic heterocycles. The number of benzene rings is 1. The van der Waals surface area contributed by atoms with Crippen LogP contribution in [-0.4, -0.2) is 34.4 Å². The molecule has 2 heterocycles. The molecule has 1 N–H and O–H groups in total. The minimum Gasteiger partial charge on any atom is -0.302 e. The van der Waals surface area contributed by atoms with Crippen molar-refractivity contribution in [3.8, 4) is 5.69 Å². The molecule has 0 fully saturated rings. The van der Waals surface area contributed by atoms with Crippen LogP contribution in [0.3, 0.4) is 0 Å². The second-order valence-electron chi connectivity index (χ2n) is 5.12. The normalized spacial score (nSPS) is 12.9. The number of hydrogen-bond acceptors (Lipinski definition) is 4. The molecule has 0 bridgehead atoms. The van der Waals surface area contributed by atoms with Crippen LogP contribution in [0.4, 0.5) is 13.2 Å². The van der Waals surface area contributed by atoms with E-state index < -0.39 is 27.5 Å². The molecule has 0 spiro atoms. The lowest BCUT2D eigenvalue weighted by molar-refractivity contribution is -0.141. The van der Waals surface area contributed by atoms with Gasteiger partial charge in [0.1, 0.15) is 11.6 Å². The number of fused-ring (bicyclic) bond motifs is 1. The number of sulfone groups is 1. The quantitative estimate of drug-likeness (QED) is 0.791. The van der Waals surface area contributed by atoms with Gasteiger partial charge in [-0.1, -0.05) is 0 Å². The first kappa shape index (κ1) is 15.5. The Balaban J connectivity index is 2.17. The fraction of sp³-hybridized carbons (Fsp3) is 0.231. The minimum absolute atomic E-state index is 0.192. The van der Waals surface area contributed by atoms with Gasteiger partial charge in [0, 0.05) is 23.5 Å². The second kappa shape index (κ2) is 5.08. The van der Waals surface area contributed by atoms with Crippen LogP contribution in [0.1, 0.15) is 11.5 Å². The Bertz CT molecular complexity index is 973. The topological polar surface area (TPSA) is 80.6 Å². The molecule has 0 saturated carbocycles. The zero-order chi connectivity index (χ0) is 16.8. The molecular weight excluding hydrogens is 333 g/mol. The van der Waals surface area contributed by atoms with Gasteiger partial charge in [0.25, 0.3) is 0 Å². The fourth-order valence-electron chi connectivity index (χ4n) is 2.19. The van der Waals surface area contributed by atoms with Gasteiger partial charge in [0.2, 0.25) is 0 Å². The van der Waals surface area contributed by atoms with Gasteiger partial charge in [-0.2, -0.15) is 18.3 Å². The predicted molar refractivity (Wildman–Crippen MR) is 76.8 cm³/mol. The molecule has 2 aromatic heterocycles. The summed E-state index contributed by atoms with van der Waals surface area (Å²) in [6.07, 6.45) is -1.39. The van der Waals surface area contributed by atoms with E-state index in [-0.39, 0.29) is 5.82 Å². The highest BCUT2D eigenvalue weighted by Gasteiger charge is 2.35. The zero-order valence-corrected chi connectivity index (χ0v) is 12.6. The zero-order valence-electron chi connectivity index (χ0n) is 11.8. The Hall–Kier alpha value is -2.36. The lowest BCUT2D eigenvalue weighted by Crippen LogP contribution is -2.08. The maximum atomic E-state index is 12.9. The van der Waals surface area contributed by atoms with Crippen molar-refractivity contribution >= 4 is 20.7 Å². The summed E-state index contributed by atoms with van der Waals surface area (Å²) >= 11 is 0. The number of nitrogens with zero attached hydrogens (tertiary/aromatic N) is 3. The van der Waals surface area contributed by atoms with Gasteiger partial charge in [-0.25, -0.2) is 13.4 Å². The molecule has 0 radical (unpaired) electrons. The van der Waals surface area contributed by atoms with Crippen LogP contribution in [0.2, 0.25) is 0 Å². The molecule has 3 rings (SSSR count). The predicted octanol–water partition coefficient (Wildman–Crippen LogP) is 2.31. The van der Waals surface area contributed by atoms with Gasteiger partial charge < -0.3 is 4.57 Å². The van der Waals surface area contributed by atoms with Crippen molar-refractivity contribution in [2.75, 3.05) is 6.26 Å². The first-order chi connectivity index (χ1) is 10.6. The third kappa shape index (κ3) is 3.21. The highest BCUT2D eigenvalue weighted by atomic mass is 32.2. The molecule has 122 valence electrons. The van der Waals surface area contributed by atoms with E-state index in [1.54, 1.807) is 18.2 Å². The van der Waals surface area contributed by atoms with E-state index in [1.807, 2.05) is 0 Å². The SMILES string of the molecule is CS(=O)(=O)Cc1nc(C(F)(F)F)cn1-c1ccc2[nH]ncc2c1. The van der Waals surface area contributed by atoms with Crippen LogP contribution >= 0.6 is 0 Å². The van der Waals surface area contributed by atoms with Gasteiger partial charge in [0.15, 0.2) is 15.5 Å². The van der Waals surface area contributed by atoms with E-state index in [1.165, 1.54) is 6.20 Å². The number of nitrogens with one attached hydrogen (secondary N) is 1. The molecule has 0 atom stereocenters. The van der Waals surface area contributed by atoms with E-state index in [0.29, 0.717) is 11.1 Å². The number of hydrogen-bond donors (Lipinski definition) is 1. The fourth-order valence-corrected chi connectivity index (χ4v) is 2.87. The second-order valence-corrected chi connectivity index (χ2v) is 7.26. The number of aromatic nitrogens is 4. The van der Waals surface area contributed by atoms with Crippen molar-refractivity contribution < 1.29 is 21.6 Å². The molecule has 0 unspecified atom stereocenters. The number of imidazole rings is 1. The monoisotopic (exact) mass is 344 g/mol. The molecule has 3 aromatic rings. The smallest absolute Gasteiger partial charge is 0.302 e. The average molecular weight is 344 g/mol. The van der Waals surface area contributed by atoms with Crippen molar-refractivity contribution in [1.82, 2.24) is 19.7 Å². The average Bonchev–Trinajstić information content (AvgIpc) is 3.01. The van der Waals surface area contributed by atoms with Gasteiger partial charge in [-0.3, -0.25) is 5.10 Å². The number of aromatic amines is 1. The summed E-state index contributed by atoms with van der Waals surface area (Å²) in [6.45, 7) is 0. The van der Waals surface area contributed by atoms with Gasteiger partial charge in [-0.15, -0.1) is 0 Å². The highest BCUT2D eigenvalue weighted by molar-refractivity contribution is 7.89. The molecular formula is C13H11F3N4O2S. The molecule has 1 aromatic carbocycles. The van der Waals surface area contributed by atoms with Gasteiger partial charge >= 0.3 is 6.18 Å². The van der Waals surface area contributed by atoms with E-state index in [2.05, 4.69) is 15.2 Å². The van der Waals surface area contributed by atoms with Crippen molar-refractivity contribution in [3.05, 3.63) is 42.1 Å². The van der Waals surface area contributed by atoms with Crippen LogP contribution in [0.15, 0.2) is 30.6 Å². The van der Waals surface area contributed by atoms with Crippen LogP contribution in [-0.2, 0) is 21.8 Å². The van der Waals surface area contributed by atoms with Gasteiger partial charge in [-0.05, 0) is 18.2 Å². The summed E-state index contributed by atoms with van der Waals surface area (Å²) < 4.78 is 62.7. The van der Waals surface area contributed by atoms with Crippen LogP contribution in [0.5, 0.6) is 0 Å². The summed E-state index contributed by atoms with van der Waals surface area (Å²) in [7, 11) is -3.54. The van der Waals surface area contributed by atoms with Crippen molar-refractivity contribution in [2.24, 2.45) is 0 Å². The minimum atomic E-state index is -4.66. The molecule has 10 heteroatoms. The number of halogens is 3. The maximum absolute atomic E-state index is 12.9. The van der Waals surface area contributed by atoms with E-state index in [9.17, 15) is 21.6 Å². The van der Waals surface area contributed by atoms with E-state index in [4.69, 9.17) is 0 Å². The molecule has 0 amide bonds. The molecule has 0 aliphatic carbocycles. The largest absolute Gasteiger partial charge is 0.434 e. The maximum Gasteiger partial charge on any atom is 0.434 e. The van der Waals surface area contributed by atoms with Gasteiger partial charge in [0.05, 0.1) is 11.7 Å². The Morgan fingerprint density at radius 3 is 2.70 bits per heavy atom. The Morgan fingerprint density at radius 1 is 1.30 bits per heavy atom.